The van der Waals surface area contributed by atoms with Crippen LogP contribution in [0.4, 0.5) is 5.69 Å². The fourth-order valence-corrected chi connectivity index (χ4v) is 4.47. The highest BCUT2D eigenvalue weighted by Crippen LogP contribution is 2.22. The average Bonchev–Trinajstić information content (AvgIpc) is 3.32. The Hall–Kier alpha value is -3.85. The Bertz CT molecular complexity index is 1440. The predicted molar refractivity (Wildman–Crippen MR) is 135 cm³/mol. The van der Waals surface area contributed by atoms with Crippen LogP contribution in [0.2, 0.25) is 5.02 Å². The fourth-order valence-electron chi connectivity index (χ4n) is 4.30. The number of ether oxygens (including phenoxy) is 1. The quantitative estimate of drug-likeness (QED) is 0.426. The van der Waals surface area contributed by atoms with Crippen LogP contribution in [0.15, 0.2) is 59.8 Å². The molecular formula is C25H25ClN6O3. The van der Waals surface area contributed by atoms with Gasteiger partial charge in [0.1, 0.15) is 24.0 Å². The van der Waals surface area contributed by atoms with Crippen LogP contribution >= 0.6 is 11.6 Å². The number of nitrogens with zero attached hydrogens (tertiary/aromatic N) is 6. The van der Waals surface area contributed by atoms with E-state index in [0.717, 1.165) is 35.8 Å². The zero-order chi connectivity index (χ0) is 24.5. The third-order valence-corrected chi connectivity index (χ3v) is 6.56. The molecule has 2 aromatic heterocycles. The van der Waals surface area contributed by atoms with Gasteiger partial charge >= 0.3 is 0 Å². The number of halogens is 1. The molecule has 0 spiro atoms. The van der Waals surface area contributed by atoms with Crippen molar-refractivity contribution in [3.63, 3.8) is 0 Å². The van der Waals surface area contributed by atoms with Gasteiger partial charge in [-0.25, -0.2) is 9.67 Å². The molecule has 1 aliphatic heterocycles. The Morgan fingerprint density at radius 2 is 1.83 bits per heavy atom. The van der Waals surface area contributed by atoms with E-state index in [1.54, 1.807) is 28.8 Å². The molecule has 3 heterocycles. The number of carbonyl (C=O) groups is 1. The molecule has 4 aromatic rings. The molecule has 0 atom stereocenters. The number of piperazine rings is 1. The Morgan fingerprint density at radius 3 is 2.54 bits per heavy atom. The molecule has 10 heteroatoms. The Morgan fingerprint density at radius 1 is 1.09 bits per heavy atom. The van der Waals surface area contributed by atoms with E-state index in [-0.39, 0.29) is 18.0 Å². The van der Waals surface area contributed by atoms with E-state index >= 15 is 0 Å². The molecule has 0 unspecified atom stereocenters. The third-order valence-electron chi connectivity index (χ3n) is 6.33. The van der Waals surface area contributed by atoms with Crippen molar-refractivity contribution in [3.05, 3.63) is 75.9 Å². The molecule has 35 heavy (non-hydrogen) atoms. The molecule has 1 fully saturated rings. The topological polar surface area (TPSA) is 85.5 Å². The van der Waals surface area contributed by atoms with Crippen LogP contribution in [-0.2, 0) is 11.3 Å². The molecule has 1 amide bonds. The highest BCUT2D eigenvalue weighted by Gasteiger charge is 2.22. The lowest BCUT2D eigenvalue weighted by molar-refractivity contribution is -0.132. The molecule has 0 saturated carbocycles. The summed E-state index contributed by atoms with van der Waals surface area (Å²) >= 11 is 6.15. The van der Waals surface area contributed by atoms with E-state index in [1.165, 1.54) is 17.1 Å². The van der Waals surface area contributed by atoms with Crippen LogP contribution in [0.1, 0.15) is 5.56 Å². The first-order valence-corrected chi connectivity index (χ1v) is 11.7. The summed E-state index contributed by atoms with van der Waals surface area (Å²) in [5.41, 5.74) is 2.93. The van der Waals surface area contributed by atoms with Crippen molar-refractivity contribution < 1.29 is 9.53 Å². The number of methoxy groups -OCH3 is 1. The molecule has 2 aromatic carbocycles. The van der Waals surface area contributed by atoms with Gasteiger partial charge in [0.2, 0.25) is 5.91 Å². The van der Waals surface area contributed by atoms with Gasteiger partial charge in [-0.05, 0) is 48.9 Å². The minimum Gasteiger partial charge on any atom is -0.497 e. The number of rotatable bonds is 5. The van der Waals surface area contributed by atoms with Gasteiger partial charge in [0, 0.05) is 36.9 Å². The number of carbonyl (C=O) groups excluding carboxylic acids is 1. The van der Waals surface area contributed by atoms with E-state index in [0.29, 0.717) is 29.1 Å². The molecule has 5 rings (SSSR count). The standard InChI is InChI=1S/C25H25ClN6O3/c1-17-3-4-18(26)13-22(17)32-24-21(14-28-32)25(34)31(16-27-24)15-23(33)30-11-9-29(10-12-30)19-5-7-20(35-2)8-6-19/h3-8,13-14,16H,9-12,15H2,1-2H3. The summed E-state index contributed by atoms with van der Waals surface area (Å²) in [6.07, 6.45) is 2.90. The number of hydrogen-bond acceptors (Lipinski definition) is 6. The van der Waals surface area contributed by atoms with Crippen LogP contribution < -0.4 is 15.2 Å². The van der Waals surface area contributed by atoms with Crippen LogP contribution in [0, 0.1) is 6.92 Å². The molecule has 1 aliphatic rings. The second kappa shape index (κ2) is 9.42. The highest BCUT2D eigenvalue weighted by atomic mass is 35.5. The van der Waals surface area contributed by atoms with Crippen LogP contribution in [-0.4, -0.2) is 63.4 Å². The van der Waals surface area contributed by atoms with Crippen molar-refractivity contribution in [1.82, 2.24) is 24.2 Å². The van der Waals surface area contributed by atoms with Gasteiger partial charge in [-0.2, -0.15) is 5.10 Å². The second-order valence-electron chi connectivity index (χ2n) is 8.47. The van der Waals surface area contributed by atoms with Crippen LogP contribution in [0.25, 0.3) is 16.7 Å². The zero-order valence-electron chi connectivity index (χ0n) is 19.5. The molecule has 0 bridgehead atoms. The van der Waals surface area contributed by atoms with Gasteiger partial charge in [-0.15, -0.1) is 0 Å². The summed E-state index contributed by atoms with van der Waals surface area (Å²) < 4.78 is 8.16. The summed E-state index contributed by atoms with van der Waals surface area (Å²) in [6.45, 7) is 4.48. The van der Waals surface area contributed by atoms with Crippen molar-refractivity contribution in [1.29, 1.82) is 0 Å². The number of amides is 1. The van der Waals surface area contributed by atoms with Gasteiger partial charge in [0.05, 0.1) is 19.0 Å². The van der Waals surface area contributed by atoms with Crippen molar-refractivity contribution in [3.8, 4) is 11.4 Å². The molecule has 0 radical (unpaired) electrons. The maximum absolute atomic E-state index is 13.1. The summed E-state index contributed by atoms with van der Waals surface area (Å²) in [6, 6.07) is 13.4. The van der Waals surface area contributed by atoms with Crippen molar-refractivity contribution >= 4 is 34.2 Å². The van der Waals surface area contributed by atoms with E-state index < -0.39 is 0 Å². The minimum absolute atomic E-state index is 0.0638. The highest BCUT2D eigenvalue weighted by molar-refractivity contribution is 6.30. The first kappa shape index (κ1) is 22.9. The molecular weight excluding hydrogens is 468 g/mol. The minimum atomic E-state index is -0.300. The molecule has 180 valence electrons. The maximum Gasteiger partial charge on any atom is 0.264 e. The predicted octanol–water partition coefficient (Wildman–Crippen LogP) is 2.90. The lowest BCUT2D eigenvalue weighted by Gasteiger charge is -2.36. The van der Waals surface area contributed by atoms with Crippen molar-refractivity contribution in [2.75, 3.05) is 38.2 Å². The summed E-state index contributed by atoms with van der Waals surface area (Å²) in [4.78, 5) is 34.5. The Balaban J connectivity index is 1.29. The Kier molecular flexibility index (Phi) is 6.17. The van der Waals surface area contributed by atoms with Crippen molar-refractivity contribution in [2.24, 2.45) is 0 Å². The fraction of sp³-hybridized carbons (Fsp3) is 0.280. The average molecular weight is 493 g/mol. The molecule has 0 N–H and O–H groups in total. The van der Waals surface area contributed by atoms with Gasteiger partial charge in [0.25, 0.3) is 5.56 Å². The first-order chi connectivity index (χ1) is 16.9. The zero-order valence-corrected chi connectivity index (χ0v) is 20.3. The smallest absolute Gasteiger partial charge is 0.264 e. The van der Waals surface area contributed by atoms with E-state index in [4.69, 9.17) is 16.3 Å². The van der Waals surface area contributed by atoms with Gasteiger partial charge < -0.3 is 14.5 Å². The molecule has 1 saturated heterocycles. The number of aryl methyl sites for hydroxylation is 1. The largest absolute Gasteiger partial charge is 0.497 e. The monoisotopic (exact) mass is 492 g/mol. The van der Waals surface area contributed by atoms with Gasteiger partial charge in [-0.1, -0.05) is 17.7 Å². The number of hydrogen-bond donors (Lipinski definition) is 0. The third kappa shape index (κ3) is 4.46. The molecule has 0 aliphatic carbocycles. The normalized spacial score (nSPS) is 13.9. The van der Waals surface area contributed by atoms with Crippen LogP contribution in [0.5, 0.6) is 5.75 Å². The van der Waals surface area contributed by atoms with Gasteiger partial charge in [-0.3, -0.25) is 14.2 Å². The summed E-state index contributed by atoms with van der Waals surface area (Å²) in [5.74, 6) is 0.701. The SMILES string of the molecule is COc1ccc(N2CCN(C(=O)Cn3cnc4c(cnn4-c4cc(Cl)ccc4C)c3=O)CC2)cc1. The number of aromatic nitrogens is 4. The van der Waals surface area contributed by atoms with Crippen LogP contribution in [0.3, 0.4) is 0 Å². The van der Waals surface area contributed by atoms with E-state index in [1.807, 2.05) is 37.3 Å². The number of anilines is 1. The second-order valence-corrected chi connectivity index (χ2v) is 8.90. The first-order valence-electron chi connectivity index (χ1n) is 11.3. The van der Waals surface area contributed by atoms with Gasteiger partial charge in [0.15, 0.2) is 5.65 Å². The summed E-state index contributed by atoms with van der Waals surface area (Å²) in [7, 11) is 1.64. The number of fused-ring (bicyclic) bond motifs is 1. The summed E-state index contributed by atoms with van der Waals surface area (Å²) in [5, 5.41) is 5.28. The lowest BCUT2D eigenvalue weighted by atomic mass is 10.2. The van der Waals surface area contributed by atoms with E-state index in [2.05, 4.69) is 15.0 Å². The number of benzene rings is 2. The maximum atomic E-state index is 13.1. The lowest BCUT2D eigenvalue weighted by Crippen LogP contribution is -2.50. The van der Waals surface area contributed by atoms with Crippen molar-refractivity contribution in [2.45, 2.75) is 13.5 Å². The van der Waals surface area contributed by atoms with E-state index in [9.17, 15) is 9.59 Å². The molecule has 9 nitrogen and oxygen atoms in total. The Labute approximate surface area is 207 Å².